The molecule has 0 aliphatic heterocycles. The van der Waals surface area contributed by atoms with E-state index in [-0.39, 0.29) is 5.69 Å². The molecule has 5 heteroatoms. The zero-order valence-electron chi connectivity index (χ0n) is 8.94. The molecule has 0 aliphatic rings. The fourth-order valence-corrected chi connectivity index (χ4v) is 1.39. The highest BCUT2D eigenvalue weighted by Gasteiger charge is 2.07. The summed E-state index contributed by atoms with van der Waals surface area (Å²) in [7, 11) is 1.87. The molecule has 0 saturated carbocycles. The molecule has 86 valence electrons. The van der Waals surface area contributed by atoms with Crippen molar-refractivity contribution in [3.63, 3.8) is 0 Å². The van der Waals surface area contributed by atoms with Crippen LogP contribution < -0.4 is 5.32 Å². The highest BCUT2D eigenvalue weighted by Crippen LogP contribution is 2.23. The van der Waals surface area contributed by atoms with E-state index in [0.717, 1.165) is 13.0 Å². The second-order valence-corrected chi connectivity index (χ2v) is 3.66. The summed E-state index contributed by atoms with van der Waals surface area (Å²) in [5.74, 6) is 0. The van der Waals surface area contributed by atoms with E-state index in [1.807, 2.05) is 13.1 Å². The molecule has 0 amide bonds. The summed E-state index contributed by atoms with van der Waals surface area (Å²) in [6.45, 7) is 0.864. The molecule has 1 aromatic rings. The molecular weight excluding hydrogens is 228 g/mol. The molecule has 0 spiro atoms. The van der Waals surface area contributed by atoms with Crippen molar-refractivity contribution in [2.45, 2.75) is 6.42 Å². The smallest absolute Gasteiger partial charge is 0.270 e. The van der Waals surface area contributed by atoms with E-state index in [0.29, 0.717) is 10.6 Å². The van der Waals surface area contributed by atoms with Gasteiger partial charge in [0.2, 0.25) is 0 Å². The van der Waals surface area contributed by atoms with Gasteiger partial charge in [0, 0.05) is 17.2 Å². The first-order valence-electron chi connectivity index (χ1n) is 4.90. The van der Waals surface area contributed by atoms with Crippen LogP contribution in [0.3, 0.4) is 0 Å². The fourth-order valence-electron chi connectivity index (χ4n) is 1.21. The van der Waals surface area contributed by atoms with Crippen molar-refractivity contribution >= 4 is 23.4 Å². The largest absolute Gasteiger partial charge is 0.319 e. The average molecular weight is 241 g/mol. The summed E-state index contributed by atoms with van der Waals surface area (Å²) in [5, 5.41) is 14.1. The topological polar surface area (TPSA) is 55.2 Å². The van der Waals surface area contributed by atoms with Crippen LogP contribution in [0.5, 0.6) is 0 Å². The van der Waals surface area contributed by atoms with E-state index in [9.17, 15) is 10.1 Å². The van der Waals surface area contributed by atoms with Crippen LogP contribution in [-0.4, -0.2) is 18.5 Å². The van der Waals surface area contributed by atoms with Crippen molar-refractivity contribution in [1.82, 2.24) is 5.32 Å². The number of benzene rings is 1. The number of halogens is 1. The first-order valence-corrected chi connectivity index (χ1v) is 5.28. The summed E-state index contributed by atoms with van der Waals surface area (Å²) in [5.41, 5.74) is 0.727. The second kappa shape index (κ2) is 6.25. The maximum absolute atomic E-state index is 10.6. The SMILES string of the molecule is CNCCC=Cc1cc([N+](=O)[O-])ccc1Cl. The number of nitro groups is 1. The zero-order valence-corrected chi connectivity index (χ0v) is 9.70. The van der Waals surface area contributed by atoms with E-state index in [1.54, 1.807) is 6.08 Å². The molecule has 1 aromatic carbocycles. The van der Waals surface area contributed by atoms with E-state index in [4.69, 9.17) is 11.6 Å². The third kappa shape index (κ3) is 3.64. The Morgan fingerprint density at radius 3 is 2.94 bits per heavy atom. The van der Waals surface area contributed by atoms with Crippen LogP contribution in [0.25, 0.3) is 6.08 Å². The third-order valence-electron chi connectivity index (χ3n) is 2.05. The van der Waals surface area contributed by atoms with Crippen molar-refractivity contribution < 1.29 is 4.92 Å². The molecule has 0 unspecified atom stereocenters. The lowest BCUT2D eigenvalue weighted by Gasteiger charge is -1.98. The Balaban J connectivity index is 2.82. The third-order valence-corrected chi connectivity index (χ3v) is 2.39. The number of nitro benzene ring substituents is 1. The maximum Gasteiger partial charge on any atom is 0.270 e. The summed E-state index contributed by atoms with van der Waals surface area (Å²) in [4.78, 5) is 10.1. The molecule has 0 heterocycles. The Morgan fingerprint density at radius 1 is 1.56 bits per heavy atom. The Morgan fingerprint density at radius 2 is 2.31 bits per heavy atom. The van der Waals surface area contributed by atoms with Crippen molar-refractivity contribution in [2.24, 2.45) is 0 Å². The quantitative estimate of drug-likeness (QED) is 0.489. The first kappa shape index (κ1) is 12.7. The van der Waals surface area contributed by atoms with Gasteiger partial charge in [0.25, 0.3) is 5.69 Å². The molecule has 1 N–H and O–H groups in total. The number of nitrogens with zero attached hydrogens (tertiary/aromatic N) is 1. The average Bonchev–Trinajstić information content (AvgIpc) is 2.26. The van der Waals surface area contributed by atoms with Gasteiger partial charge in [-0.3, -0.25) is 10.1 Å². The van der Waals surface area contributed by atoms with Gasteiger partial charge in [-0.25, -0.2) is 0 Å². The van der Waals surface area contributed by atoms with Crippen molar-refractivity contribution in [2.75, 3.05) is 13.6 Å². The van der Waals surface area contributed by atoms with Gasteiger partial charge in [0.1, 0.15) is 0 Å². The lowest BCUT2D eigenvalue weighted by atomic mass is 10.2. The summed E-state index contributed by atoms with van der Waals surface area (Å²) >= 11 is 5.92. The van der Waals surface area contributed by atoms with Gasteiger partial charge in [0.15, 0.2) is 0 Å². The van der Waals surface area contributed by atoms with Crippen LogP contribution in [0.2, 0.25) is 5.02 Å². The monoisotopic (exact) mass is 240 g/mol. The number of non-ortho nitro benzene ring substituents is 1. The normalized spacial score (nSPS) is 10.9. The van der Waals surface area contributed by atoms with Crippen LogP contribution in [0.15, 0.2) is 24.3 Å². The van der Waals surface area contributed by atoms with Crippen molar-refractivity contribution in [1.29, 1.82) is 0 Å². The Hall–Kier alpha value is -1.39. The van der Waals surface area contributed by atoms with Gasteiger partial charge in [-0.05, 0) is 31.6 Å². The Labute approximate surface area is 99.1 Å². The van der Waals surface area contributed by atoms with Crippen LogP contribution in [0.4, 0.5) is 5.69 Å². The summed E-state index contributed by atoms with van der Waals surface area (Å²) in [6, 6.07) is 4.41. The maximum atomic E-state index is 10.6. The lowest BCUT2D eigenvalue weighted by molar-refractivity contribution is -0.384. The standard InChI is InChI=1S/C11H13ClN2O2/c1-13-7-3-2-4-9-8-10(14(15)16)5-6-11(9)12/h2,4-6,8,13H,3,7H2,1H3. The van der Waals surface area contributed by atoms with Crippen LogP contribution in [0, 0.1) is 10.1 Å². The summed E-state index contributed by atoms with van der Waals surface area (Å²) in [6.07, 6.45) is 4.59. The van der Waals surface area contributed by atoms with Crippen molar-refractivity contribution in [3.8, 4) is 0 Å². The van der Waals surface area contributed by atoms with Gasteiger partial charge in [-0.2, -0.15) is 0 Å². The lowest BCUT2D eigenvalue weighted by Crippen LogP contribution is -2.05. The molecule has 0 atom stereocenters. The van der Waals surface area contributed by atoms with Crippen LogP contribution in [-0.2, 0) is 0 Å². The van der Waals surface area contributed by atoms with E-state index in [1.165, 1.54) is 18.2 Å². The van der Waals surface area contributed by atoms with E-state index < -0.39 is 4.92 Å². The highest BCUT2D eigenvalue weighted by atomic mass is 35.5. The van der Waals surface area contributed by atoms with Gasteiger partial charge in [-0.1, -0.05) is 23.8 Å². The molecule has 16 heavy (non-hydrogen) atoms. The number of rotatable bonds is 5. The van der Waals surface area contributed by atoms with Gasteiger partial charge < -0.3 is 5.32 Å². The van der Waals surface area contributed by atoms with E-state index >= 15 is 0 Å². The molecule has 0 saturated heterocycles. The molecule has 0 fully saturated rings. The second-order valence-electron chi connectivity index (χ2n) is 3.26. The Bertz CT molecular complexity index is 405. The zero-order chi connectivity index (χ0) is 12.0. The first-order chi connectivity index (χ1) is 7.65. The number of hydrogen-bond acceptors (Lipinski definition) is 3. The van der Waals surface area contributed by atoms with Gasteiger partial charge >= 0.3 is 0 Å². The van der Waals surface area contributed by atoms with Gasteiger partial charge in [0.05, 0.1) is 4.92 Å². The van der Waals surface area contributed by atoms with Gasteiger partial charge in [-0.15, -0.1) is 0 Å². The number of hydrogen-bond donors (Lipinski definition) is 1. The molecule has 0 aliphatic carbocycles. The minimum atomic E-state index is -0.429. The summed E-state index contributed by atoms with van der Waals surface area (Å²) < 4.78 is 0. The molecule has 0 bridgehead atoms. The minimum absolute atomic E-state index is 0.0534. The molecular formula is C11H13ClN2O2. The minimum Gasteiger partial charge on any atom is -0.319 e. The van der Waals surface area contributed by atoms with Crippen LogP contribution in [0.1, 0.15) is 12.0 Å². The molecule has 4 nitrogen and oxygen atoms in total. The fraction of sp³-hybridized carbons (Fsp3) is 0.273. The predicted octanol–water partition coefficient (Wildman–Crippen LogP) is 2.87. The van der Waals surface area contributed by atoms with E-state index in [2.05, 4.69) is 5.32 Å². The number of nitrogens with one attached hydrogen (secondary N) is 1. The molecule has 1 rings (SSSR count). The van der Waals surface area contributed by atoms with Crippen LogP contribution >= 0.6 is 11.6 Å². The Kier molecular flexibility index (Phi) is 4.95. The highest BCUT2D eigenvalue weighted by molar-refractivity contribution is 6.32. The van der Waals surface area contributed by atoms with Crippen molar-refractivity contribution in [3.05, 3.63) is 45.0 Å². The predicted molar refractivity (Wildman–Crippen MR) is 65.7 cm³/mol. The molecule has 0 aromatic heterocycles. The molecule has 0 radical (unpaired) electrons.